The van der Waals surface area contributed by atoms with Crippen LogP contribution in [-0.4, -0.2) is 34.6 Å². The zero-order valence-electron chi connectivity index (χ0n) is 10.9. The molecule has 0 saturated heterocycles. The summed E-state index contributed by atoms with van der Waals surface area (Å²) in [5.41, 5.74) is 0.626. The minimum absolute atomic E-state index is 0.116. The predicted molar refractivity (Wildman–Crippen MR) is 65.8 cm³/mol. The zero-order valence-corrected chi connectivity index (χ0v) is 10.9. The number of para-hydroxylation sites is 1. The molecule has 2 rings (SSSR count). The SMILES string of the molecule is Oc1ccccc1Cc1nc(CCOCC(F)(F)F)no1. The number of aromatic nitrogens is 2. The number of aromatic hydroxyl groups is 1. The molecular weight excluding hydrogens is 289 g/mol. The second-order valence-corrected chi connectivity index (χ2v) is 4.33. The molecule has 0 aliphatic heterocycles. The topological polar surface area (TPSA) is 68.4 Å². The molecule has 0 atom stereocenters. The first-order chi connectivity index (χ1) is 9.94. The number of ether oxygens (including phenoxy) is 1. The lowest BCUT2D eigenvalue weighted by molar-refractivity contribution is -0.173. The maximum absolute atomic E-state index is 11.9. The molecule has 1 heterocycles. The Labute approximate surface area is 118 Å². The Balaban J connectivity index is 1.83. The molecule has 0 fully saturated rings. The molecule has 0 saturated carbocycles. The lowest BCUT2D eigenvalue weighted by atomic mass is 10.1. The molecule has 0 aliphatic rings. The van der Waals surface area contributed by atoms with E-state index < -0.39 is 12.8 Å². The highest BCUT2D eigenvalue weighted by Gasteiger charge is 2.27. The number of hydrogen-bond acceptors (Lipinski definition) is 5. The van der Waals surface area contributed by atoms with Gasteiger partial charge in [0.05, 0.1) is 13.0 Å². The van der Waals surface area contributed by atoms with E-state index in [0.717, 1.165) is 0 Å². The van der Waals surface area contributed by atoms with Crippen LogP contribution < -0.4 is 0 Å². The first-order valence-electron chi connectivity index (χ1n) is 6.17. The average Bonchev–Trinajstić information content (AvgIpc) is 2.84. The second-order valence-electron chi connectivity index (χ2n) is 4.33. The summed E-state index contributed by atoms with van der Waals surface area (Å²) < 4.78 is 45.0. The van der Waals surface area contributed by atoms with Gasteiger partial charge in [-0.1, -0.05) is 23.4 Å². The van der Waals surface area contributed by atoms with Crippen LogP contribution in [0.3, 0.4) is 0 Å². The van der Waals surface area contributed by atoms with E-state index in [1.807, 2.05) is 0 Å². The van der Waals surface area contributed by atoms with E-state index >= 15 is 0 Å². The third-order valence-corrected chi connectivity index (χ3v) is 2.58. The monoisotopic (exact) mass is 302 g/mol. The number of alkyl halides is 3. The summed E-state index contributed by atoms with van der Waals surface area (Å²) in [7, 11) is 0. The highest BCUT2D eigenvalue weighted by Crippen LogP contribution is 2.19. The smallest absolute Gasteiger partial charge is 0.411 e. The van der Waals surface area contributed by atoms with E-state index in [1.165, 1.54) is 6.07 Å². The van der Waals surface area contributed by atoms with Gasteiger partial charge in [-0.3, -0.25) is 0 Å². The van der Waals surface area contributed by atoms with Crippen molar-refractivity contribution in [2.45, 2.75) is 19.0 Å². The first-order valence-corrected chi connectivity index (χ1v) is 6.17. The van der Waals surface area contributed by atoms with Crippen molar-refractivity contribution >= 4 is 0 Å². The van der Waals surface area contributed by atoms with Gasteiger partial charge in [0.15, 0.2) is 5.82 Å². The normalized spacial score (nSPS) is 11.8. The minimum atomic E-state index is -4.34. The van der Waals surface area contributed by atoms with Crippen LogP contribution in [0.4, 0.5) is 13.2 Å². The van der Waals surface area contributed by atoms with Gasteiger partial charge >= 0.3 is 6.18 Å². The number of halogens is 3. The molecule has 2 aromatic rings. The number of benzene rings is 1. The van der Waals surface area contributed by atoms with Crippen LogP contribution >= 0.6 is 0 Å². The van der Waals surface area contributed by atoms with Gasteiger partial charge in [-0.15, -0.1) is 0 Å². The fraction of sp³-hybridized carbons (Fsp3) is 0.385. The van der Waals surface area contributed by atoms with E-state index in [4.69, 9.17) is 4.52 Å². The van der Waals surface area contributed by atoms with Crippen molar-refractivity contribution in [1.29, 1.82) is 0 Å². The van der Waals surface area contributed by atoms with Gasteiger partial charge in [0.2, 0.25) is 5.89 Å². The van der Waals surface area contributed by atoms with Crippen molar-refractivity contribution in [2.24, 2.45) is 0 Å². The quantitative estimate of drug-likeness (QED) is 0.830. The standard InChI is InChI=1S/C13H13F3N2O3/c14-13(15,16)8-20-6-5-11-17-12(21-18-11)7-9-3-1-2-4-10(9)19/h1-4,19H,5-8H2. The number of hydrogen-bond donors (Lipinski definition) is 1. The summed E-state index contributed by atoms with van der Waals surface area (Å²) in [6.07, 6.45) is -3.96. The van der Waals surface area contributed by atoms with Crippen LogP contribution in [0, 0.1) is 0 Å². The molecule has 8 heteroatoms. The summed E-state index contributed by atoms with van der Waals surface area (Å²) in [4.78, 5) is 4.03. The lowest BCUT2D eigenvalue weighted by Crippen LogP contribution is -2.18. The lowest BCUT2D eigenvalue weighted by Gasteiger charge is -2.05. The van der Waals surface area contributed by atoms with E-state index in [9.17, 15) is 18.3 Å². The van der Waals surface area contributed by atoms with Crippen molar-refractivity contribution in [2.75, 3.05) is 13.2 Å². The predicted octanol–water partition coefficient (Wildman–Crippen LogP) is 2.49. The van der Waals surface area contributed by atoms with E-state index in [2.05, 4.69) is 14.9 Å². The van der Waals surface area contributed by atoms with Gasteiger partial charge in [-0.2, -0.15) is 18.2 Å². The van der Waals surface area contributed by atoms with Gasteiger partial charge in [0, 0.05) is 12.0 Å². The van der Waals surface area contributed by atoms with Crippen molar-refractivity contribution in [3.63, 3.8) is 0 Å². The maximum atomic E-state index is 11.9. The summed E-state index contributed by atoms with van der Waals surface area (Å²) in [5, 5.41) is 13.3. The third-order valence-electron chi connectivity index (χ3n) is 2.58. The van der Waals surface area contributed by atoms with Crippen molar-refractivity contribution < 1.29 is 27.5 Å². The van der Waals surface area contributed by atoms with E-state index in [-0.39, 0.29) is 36.9 Å². The van der Waals surface area contributed by atoms with Crippen molar-refractivity contribution in [1.82, 2.24) is 10.1 Å². The second kappa shape index (κ2) is 6.57. The summed E-state index contributed by atoms with van der Waals surface area (Å²) in [5.74, 6) is 0.663. The van der Waals surface area contributed by atoms with E-state index in [1.54, 1.807) is 18.2 Å². The van der Waals surface area contributed by atoms with Crippen LogP contribution in [-0.2, 0) is 17.6 Å². The molecule has 0 bridgehead atoms. The summed E-state index contributed by atoms with van der Waals surface area (Å²) >= 11 is 0. The fourth-order valence-electron chi connectivity index (χ4n) is 1.64. The zero-order chi connectivity index (χ0) is 15.3. The molecule has 0 aliphatic carbocycles. The number of phenols is 1. The number of rotatable bonds is 6. The molecule has 114 valence electrons. The minimum Gasteiger partial charge on any atom is -0.508 e. The van der Waals surface area contributed by atoms with E-state index in [0.29, 0.717) is 5.56 Å². The number of phenolic OH excluding ortho intramolecular Hbond substituents is 1. The molecule has 0 amide bonds. The largest absolute Gasteiger partial charge is 0.508 e. The Morgan fingerprint density at radius 3 is 2.71 bits per heavy atom. The summed E-state index contributed by atoms with van der Waals surface area (Å²) in [6, 6.07) is 6.70. The highest BCUT2D eigenvalue weighted by molar-refractivity contribution is 5.33. The molecule has 5 nitrogen and oxygen atoms in total. The fourth-order valence-corrected chi connectivity index (χ4v) is 1.64. The Kier molecular flexibility index (Phi) is 4.79. The van der Waals surface area contributed by atoms with Crippen LogP contribution in [0.25, 0.3) is 0 Å². The molecular formula is C13H13F3N2O3. The maximum Gasteiger partial charge on any atom is 0.411 e. The van der Waals surface area contributed by atoms with Crippen LogP contribution in [0.15, 0.2) is 28.8 Å². The number of nitrogens with zero attached hydrogens (tertiary/aromatic N) is 2. The van der Waals surface area contributed by atoms with Gasteiger partial charge < -0.3 is 14.4 Å². The third kappa shape index (κ3) is 5.07. The Hall–Kier alpha value is -2.09. The van der Waals surface area contributed by atoms with Crippen LogP contribution in [0.2, 0.25) is 0 Å². The van der Waals surface area contributed by atoms with Gasteiger partial charge in [-0.25, -0.2) is 0 Å². The molecule has 0 spiro atoms. The molecule has 1 aromatic heterocycles. The van der Waals surface area contributed by atoms with Gasteiger partial charge in [0.25, 0.3) is 0 Å². The van der Waals surface area contributed by atoms with Gasteiger partial charge in [0.1, 0.15) is 12.4 Å². The Bertz CT molecular complexity index is 584. The molecule has 1 N–H and O–H groups in total. The Morgan fingerprint density at radius 2 is 2.00 bits per heavy atom. The first kappa shape index (κ1) is 15.3. The van der Waals surface area contributed by atoms with Gasteiger partial charge in [-0.05, 0) is 6.07 Å². The molecule has 1 aromatic carbocycles. The van der Waals surface area contributed by atoms with Crippen LogP contribution in [0.5, 0.6) is 5.75 Å². The summed E-state index contributed by atoms with van der Waals surface area (Å²) in [6.45, 7) is -1.44. The molecule has 0 radical (unpaired) electrons. The van der Waals surface area contributed by atoms with Crippen LogP contribution in [0.1, 0.15) is 17.3 Å². The average molecular weight is 302 g/mol. The Morgan fingerprint density at radius 1 is 1.24 bits per heavy atom. The molecule has 0 unspecified atom stereocenters. The highest BCUT2D eigenvalue weighted by atomic mass is 19.4. The van der Waals surface area contributed by atoms with Crippen molar-refractivity contribution in [3.8, 4) is 5.75 Å². The van der Waals surface area contributed by atoms with Crippen molar-refractivity contribution in [3.05, 3.63) is 41.5 Å². The molecule has 21 heavy (non-hydrogen) atoms.